The summed E-state index contributed by atoms with van der Waals surface area (Å²) in [5.41, 5.74) is 5.43. The highest BCUT2D eigenvalue weighted by molar-refractivity contribution is 5.05. The Hall–Kier alpha value is -1.10. The van der Waals surface area contributed by atoms with Crippen molar-refractivity contribution in [3.8, 4) is 6.01 Å². The highest BCUT2D eigenvalue weighted by Gasteiger charge is 2.22. The van der Waals surface area contributed by atoms with E-state index >= 15 is 0 Å². The van der Waals surface area contributed by atoms with Gasteiger partial charge in [0.25, 0.3) is 0 Å². The van der Waals surface area contributed by atoms with Gasteiger partial charge in [-0.1, -0.05) is 5.10 Å². The lowest BCUT2D eigenvalue weighted by molar-refractivity contribution is 0.293. The van der Waals surface area contributed by atoms with Crippen LogP contribution in [0.2, 0.25) is 0 Å². The lowest BCUT2D eigenvalue weighted by Crippen LogP contribution is -2.26. The molecule has 5 nitrogen and oxygen atoms in total. The minimum atomic E-state index is -0.108. The molecule has 74 valence electrons. The van der Waals surface area contributed by atoms with E-state index in [0.717, 1.165) is 5.82 Å². The average Bonchev–Trinajstić information content (AvgIpc) is 2.45. The van der Waals surface area contributed by atoms with Gasteiger partial charge in [0.2, 0.25) is 0 Å². The van der Waals surface area contributed by atoms with Crippen LogP contribution in [-0.2, 0) is 12.1 Å². The second kappa shape index (κ2) is 3.33. The summed E-state index contributed by atoms with van der Waals surface area (Å²) in [5.74, 6) is 0.740. The quantitative estimate of drug-likeness (QED) is 0.726. The van der Waals surface area contributed by atoms with Crippen LogP contribution >= 0.6 is 0 Å². The zero-order valence-electron chi connectivity index (χ0n) is 8.53. The fourth-order valence-electron chi connectivity index (χ4n) is 1.24. The van der Waals surface area contributed by atoms with Gasteiger partial charge >= 0.3 is 6.01 Å². The molecule has 13 heavy (non-hydrogen) atoms. The van der Waals surface area contributed by atoms with Gasteiger partial charge in [0.05, 0.1) is 13.7 Å². The maximum Gasteiger partial charge on any atom is 0.317 e. The fourth-order valence-corrected chi connectivity index (χ4v) is 1.24. The Morgan fingerprint density at radius 3 is 2.38 bits per heavy atom. The first-order chi connectivity index (χ1) is 6.00. The Morgan fingerprint density at radius 2 is 2.00 bits per heavy atom. The number of nitrogens with two attached hydrogens (primary N) is 1. The molecule has 2 N–H and O–H groups in total. The Kier molecular flexibility index (Phi) is 2.56. The van der Waals surface area contributed by atoms with Crippen molar-refractivity contribution in [1.29, 1.82) is 0 Å². The first-order valence-electron chi connectivity index (χ1n) is 4.19. The van der Waals surface area contributed by atoms with E-state index in [1.165, 1.54) is 0 Å². The van der Waals surface area contributed by atoms with Crippen molar-refractivity contribution >= 4 is 0 Å². The van der Waals surface area contributed by atoms with Gasteiger partial charge in [-0.05, 0) is 20.8 Å². The Labute approximate surface area is 77.9 Å². The van der Waals surface area contributed by atoms with Crippen molar-refractivity contribution in [2.75, 3.05) is 7.11 Å². The predicted molar refractivity (Wildman–Crippen MR) is 49.5 cm³/mol. The van der Waals surface area contributed by atoms with Crippen molar-refractivity contribution in [3.05, 3.63) is 5.82 Å². The van der Waals surface area contributed by atoms with Crippen molar-refractivity contribution in [3.63, 3.8) is 0 Å². The maximum absolute atomic E-state index is 5.54. The predicted octanol–water partition coefficient (Wildman–Crippen LogP) is 0.500. The van der Waals surface area contributed by atoms with Crippen LogP contribution in [0.5, 0.6) is 6.01 Å². The fraction of sp³-hybridized carbons (Fsp3) is 0.750. The van der Waals surface area contributed by atoms with Crippen molar-refractivity contribution in [1.82, 2.24) is 14.8 Å². The van der Waals surface area contributed by atoms with E-state index in [9.17, 15) is 0 Å². The molecule has 1 aromatic heterocycles. The molecule has 0 amide bonds. The van der Waals surface area contributed by atoms with Gasteiger partial charge in [0.15, 0.2) is 0 Å². The largest absolute Gasteiger partial charge is 0.467 e. The second-order valence-electron chi connectivity index (χ2n) is 3.81. The lowest BCUT2D eigenvalue weighted by Gasteiger charge is -2.23. The summed E-state index contributed by atoms with van der Waals surface area (Å²) in [6, 6.07) is 0.507. The SMILES string of the molecule is COc1nnc(CN)n1C(C)(C)C. The minimum Gasteiger partial charge on any atom is -0.467 e. The molecule has 5 heteroatoms. The summed E-state index contributed by atoms with van der Waals surface area (Å²) in [5, 5.41) is 7.82. The van der Waals surface area contributed by atoms with Crippen LogP contribution in [0.3, 0.4) is 0 Å². The summed E-state index contributed by atoms with van der Waals surface area (Å²) in [4.78, 5) is 0. The van der Waals surface area contributed by atoms with Crippen LogP contribution in [0.1, 0.15) is 26.6 Å². The third-order valence-corrected chi connectivity index (χ3v) is 1.74. The third kappa shape index (κ3) is 1.80. The highest BCUT2D eigenvalue weighted by atomic mass is 16.5. The molecule has 0 radical (unpaired) electrons. The van der Waals surface area contributed by atoms with Gasteiger partial charge in [-0.3, -0.25) is 4.57 Å². The smallest absolute Gasteiger partial charge is 0.317 e. The zero-order chi connectivity index (χ0) is 10.1. The number of ether oxygens (including phenoxy) is 1. The maximum atomic E-state index is 5.54. The molecule has 0 saturated carbocycles. The standard InChI is InChI=1S/C8H16N4O/c1-8(2,3)12-6(5-9)10-11-7(12)13-4/h5,9H2,1-4H3. The van der Waals surface area contributed by atoms with E-state index in [4.69, 9.17) is 10.5 Å². The Balaban J connectivity index is 3.20. The third-order valence-electron chi connectivity index (χ3n) is 1.74. The van der Waals surface area contributed by atoms with Crippen molar-refractivity contribution in [2.24, 2.45) is 5.73 Å². The Bertz CT molecular complexity index is 265. The zero-order valence-corrected chi connectivity index (χ0v) is 8.53. The van der Waals surface area contributed by atoms with E-state index in [0.29, 0.717) is 12.6 Å². The van der Waals surface area contributed by atoms with Crippen LogP contribution in [-0.4, -0.2) is 21.9 Å². The molecule has 0 fully saturated rings. The van der Waals surface area contributed by atoms with Crippen LogP contribution < -0.4 is 10.5 Å². The molecule has 0 bridgehead atoms. The van der Waals surface area contributed by atoms with E-state index in [1.807, 2.05) is 4.57 Å². The lowest BCUT2D eigenvalue weighted by atomic mass is 10.1. The van der Waals surface area contributed by atoms with Gasteiger partial charge in [-0.2, -0.15) is 0 Å². The second-order valence-corrected chi connectivity index (χ2v) is 3.81. The number of hydrogen-bond acceptors (Lipinski definition) is 4. The molecule has 0 aromatic carbocycles. The number of nitrogens with zero attached hydrogens (tertiary/aromatic N) is 3. The van der Waals surface area contributed by atoms with Crippen molar-refractivity contribution < 1.29 is 4.74 Å². The van der Waals surface area contributed by atoms with Gasteiger partial charge in [-0.15, -0.1) is 5.10 Å². The van der Waals surface area contributed by atoms with Crippen molar-refractivity contribution in [2.45, 2.75) is 32.9 Å². The van der Waals surface area contributed by atoms with Gasteiger partial charge < -0.3 is 10.5 Å². The molecule has 1 heterocycles. The summed E-state index contributed by atoms with van der Waals surface area (Å²) in [6.07, 6.45) is 0. The minimum absolute atomic E-state index is 0.108. The van der Waals surface area contributed by atoms with E-state index in [-0.39, 0.29) is 5.54 Å². The first-order valence-corrected chi connectivity index (χ1v) is 4.19. The van der Waals surface area contributed by atoms with Crippen LogP contribution in [0, 0.1) is 0 Å². The number of methoxy groups -OCH3 is 1. The molecule has 0 saturated heterocycles. The van der Waals surface area contributed by atoms with Crippen LogP contribution in [0.15, 0.2) is 0 Å². The van der Waals surface area contributed by atoms with E-state index in [2.05, 4.69) is 31.0 Å². The summed E-state index contributed by atoms with van der Waals surface area (Å²) in [6.45, 7) is 6.53. The highest BCUT2D eigenvalue weighted by Crippen LogP contribution is 2.22. The Morgan fingerprint density at radius 1 is 1.38 bits per heavy atom. The molecular weight excluding hydrogens is 168 g/mol. The van der Waals surface area contributed by atoms with Crippen LogP contribution in [0.4, 0.5) is 0 Å². The molecule has 1 rings (SSSR count). The summed E-state index contributed by atoms with van der Waals surface area (Å²) >= 11 is 0. The molecule has 0 unspecified atom stereocenters. The van der Waals surface area contributed by atoms with Crippen LogP contribution in [0.25, 0.3) is 0 Å². The molecule has 0 aliphatic rings. The molecule has 0 atom stereocenters. The number of hydrogen-bond donors (Lipinski definition) is 1. The first kappa shape index (κ1) is 9.98. The number of rotatable bonds is 2. The normalized spacial score (nSPS) is 11.8. The summed E-state index contributed by atoms with van der Waals surface area (Å²) in [7, 11) is 1.58. The number of aromatic nitrogens is 3. The molecule has 0 aliphatic carbocycles. The van der Waals surface area contributed by atoms with Gasteiger partial charge in [0.1, 0.15) is 5.82 Å². The molecule has 1 aromatic rings. The van der Waals surface area contributed by atoms with E-state index in [1.54, 1.807) is 7.11 Å². The molecular formula is C8H16N4O. The molecule has 0 aliphatic heterocycles. The summed E-state index contributed by atoms with van der Waals surface area (Å²) < 4.78 is 6.98. The van der Waals surface area contributed by atoms with E-state index < -0.39 is 0 Å². The monoisotopic (exact) mass is 184 g/mol. The average molecular weight is 184 g/mol. The topological polar surface area (TPSA) is 66.0 Å². The van der Waals surface area contributed by atoms with Gasteiger partial charge in [0, 0.05) is 5.54 Å². The molecule has 0 spiro atoms. The van der Waals surface area contributed by atoms with Gasteiger partial charge in [-0.25, -0.2) is 0 Å².